The van der Waals surface area contributed by atoms with E-state index < -0.39 is 126 Å². The van der Waals surface area contributed by atoms with Crippen molar-refractivity contribution in [2.24, 2.45) is 11.1 Å². The van der Waals surface area contributed by atoms with Crippen LogP contribution in [0.5, 0.6) is 0 Å². The topological polar surface area (TPSA) is 302 Å². The number of primary amides is 1. The van der Waals surface area contributed by atoms with Crippen LogP contribution in [0.4, 0.5) is 8.78 Å². The molecule has 412 valence electrons. The van der Waals surface area contributed by atoms with Crippen LogP contribution < -0.4 is 27.0 Å². The van der Waals surface area contributed by atoms with Gasteiger partial charge in [0.15, 0.2) is 0 Å². The van der Waals surface area contributed by atoms with Crippen LogP contribution in [0.3, 0.4) is 0 Å². The van der Waals surface area contributed by atoms with E-state index in [1.54, 1.807) is 49.7 Å². The molecule has 1 aliphatic heterocycles. The summed E-state index contributed by atoms with van der Waals surface area (Å²) in [5.41, 5.74) is 6.69. The van der Waals surface area contributed by atoms with Crippen LogP contribution in [0.1, 0.15) is 89.1 Å². The van der Waals surface area contributed by atoms with Gasteiger partial charge in [-0.2, -0.15) is 0 Å². The number of aliphatic hydroxyl groups excluding tert-OH is 1. The lowest BCUT2D eigenvalue weighted by atomic mass is 9.82. The molecule has 0 bridgehead atoms. The molecule has 4 aromatic rings. The minimum Gasteiger partial charge on any atom is -0.387 e. The third-order valence-electron chi connectivity index (χ3n) is 12.5. The van der Waals surface area contributed by atoms with Gasteiger partial charge in [0, 0.05) is 81.4 Å². The number of amides is 9. The summed E-state index contributed by atoms with van der Waals surface area (Å²) in [5.74, 6) is -9.71. The Labute approximate surface area is 443 Å². The van der Waals surface area contributed by atoms with E-state index in [1.807, 2.05) is 30.3 Å². The number of rotatable bonds is 26. The molecule has 0 aliphatic carbocycles. The molecule has 0 saturated carbocycles. The van der Waals surface area contributed by atoms with E-state index in [1.165, 1.54) is 31.3 Å². The summed E-state index contributed by atoms with van der Waals surface area (Å²) in [6.45, 7) is 4.79. The van der Waals surface area contributed by atoms with Crippen LogP contribution in [-0.2, 0) is 65.7 Å². The molecule has 22 nitrogen and oxygen atoms in total. The van der Waals surface area contributed by atoms with E-state index in [0.717, 1.165) is 28.7 Å². The highest BCUT2D eigenvalue weighted by Gasteiger charge is 2.39. The van der Waals surface area contributed by atoms with Gasteiger partial charge in [-0.15, -0.1) is 5.06 Å². The average Bonchev–Trinajstić information content (AvgIpc) is 3.94. The second-order valence-electron chi connectivity index (χ2n) is 19.4. The molecule has 2 aromatic heterocycles. The first-order valence-corrected chi connectivity index (χ1v) is 24.7. The SMILES string of the molecule is C[C@@H](C(=O)N[C@@H](CC(N)=O)C(=O)N[C@@H](CCN(C(=O)CO)[C@@H](c1cc(-c2cc(F)ccc2F)cn1Cc1ccccc1)C(C)(C)C)C(=O)NCCCC(=O)ON1C(=O)CCC1=O)N(C)C(=O)CNC(=O)Cc1ccncc1. The summed E-state index contributed by atoms with van der Waals surface area (Å²) in [7, 11) is 1.28. The monoisotopic (exact) mass is 1070 g/mol. The minimum atomic E-state index is -1.74. The second kappa shape index (κ2) is 27.4. The number of hydroxylamine groups is 2. The van der Waals surface area contributed by atoms with Crippen LogP contribution in [0.2, 0.25) is 0 Å². The van der Waals surface area contributed by atoms with Gasteiger partial charge in [-0.3, -0.25) is 48.1 Å². The number of benzene rings is 2. The van der Waals surface area contributed by atoms with Gasteiger partial charge in [-0.25, -0.2) is 13.6 Å². The Balaban J connectivity index is 1.41. The van der Waals surface area contributed by atoms with Crippen molar-refractivity contribution in [2.45, 2.75) is 103 Å². The lowest BCUT2D eigenvalue weighted by molar-refractivity contribution is -0.197. The first-order chi connectivity index (χ1) is 36.5. The number of aliphatic hydroxyl groups is 1. The number of aromatic nitrogens is 2. The van der Waals surface area contributed by atoms with Gasteiger partial charge in [0.25, 0.3) is 11.8 Å². The number of nitrogens with one attached hydrogen (secondary N) is 4. The van der Waals surface area contributed by atoms with Crippen LogP contribution in [0, 0.1) is 17.0 Å². The van der Waals surface area contributed by atoms with Crippen LogP contribution in [0.25, 0.3) is 11.1 Å². The van der Waals surface area contributed by atoms with Gasteiger partial charge in [0.1, 0.15) is 36.4 Å². The van der Waals surface area contributed by atoms with Crippen molar-refractivity contribution >= 4 is 59.1 Å². The third-order valence-corrected chi connectivity index (χ3v) is 12.5. The zero-order valence-electron chi connectivity index (χ0n) is 43.4. The lowest BCUT2D eigenvalue weighted by Crippen LogP contribution is -2.58. The number of imide groups is 1. The molecule has 77 heavy (non-hydrogen) atoms. The van der Waals surface area contributed by atoms with E-state index in [4.69, 9.17) is 10.6 Å². The van der Waals surface area contributed by atoms with Gasteiger partial charge in [-0.1, -0.05) is 51.1 Å². The quantitative estimate of drug-likeness (QED) is 0.0386. The molecule has 5 rings (SSSR count). The summed E-state index contributed by atoms with van der Waals surface area (Å²) in [6.07, 6.45) is 2.67. The maximum Gasteiger partial charge on any atom is 0.333 e. The van der Waals surface area contributed by atoms with E-state index >= 15 is 4.39 Å². The predicted octanol–water partition coefficient (Wildman–Crippen LogP) is 1.73. The fraction of sp³-hybridized carbons (Fsp3) is 0.415. The molecule has 7 N–H and O–H groups in total. The Kier molecular flexibility index (Phi) is 21.2. The number of halogens is 2. The molecular weight excluding hydrogens is 1010 g/mol. The zero-order chi connectivity index (χ0) is 56.6. The highest BCUT2D eigenvalue weighted by molar-refractivity contribution is 6.01. The summed E-state index contributed by atoms with van der Waals surface area (Å²) in [5, 5.41) is 20.9. The predicted molar refractivity (Wildman–Crippen MR) is 271 cm³/mol. The summed E-state index contributed by atoms with van der Waals surface area (Å²) in [6, 6.07) is 11.4. The van der Waals surface area contributed by atoms with Crippen LogP contribution in [-0.4, -0.2) is 140 Å². The first kappa shape index (κ1) is 59.5. The van der Waals surface area contributed by atoms with Gasteiger partial charge < -0.3 is 51.3 Å². The van der Waals surface area contributed by atoms with E-state index in [-0.39, 0.29) is 62.9 Å². The Morgan fingerprint density at radius 2 is 1.51 bits per heavy atom. The van der Waals surface area contributed by atoms with Crippen molar-refractivity contribution < 1.29 is 66.7 Å². The fourth-order valence-electron chi connectivity index (χ4n) is 8.42. The molecule has 4 atom stereocenters. The van der Waals surface area contributed by atoms with Crippen molar-refractivity contribution in [1.82, 2.24) is 45.7 Å². The number of nitrogens with zero attached hydrogens (tertiary/aromatic N) is 5. The number of nitrogens with two attached hydrogens (primary N) is 1. The molecule has 0 spiro atoms. The standard InChI is InChI=1S/C53H64F2N10O12/c1-32(62(5)46(71)28-59-43(68)24-33-17-21-57-22-18-33)50(74)61-40(27-42(56)67)52(76)60-39(51(75)58-20-9-12-48(73)77-65-44(69)15-16-45(65)70)19-23-64(47(72)31-66)49(53(2,3)4)41-25-35(37-26-36(54)13-14-38(37)55)30-63(41)29-34-10-7-6-8-11-34/h6-8,10-11,13-14,17-18,21-22,25-26,30,32,39-40,49,66H,9,12,15-16,19-20,23-24,27-29,31H2,1-5H3,(H2,56,67)(H,58,75)(H,59,68)(H,60,76)(H,61,74)/t32-,39-,40-,49-/m0/s1. The normalized spacial score (nSPS) is 13.9. The Hall–Kier alpha value is -8.41. The number of pyridine rings is 1. The van der Waals surface area contributed by atoms with Crippen molar-refractivity contribution in [3.05, 3.63) is 114 Å². The fourth-order valence-corrected chi connectivity index (χ4v) is 8.42. The highest BCUT2D eigenvalue weighted by Crippen LogP contribution is 2.41. The van der Waals surface area contributed by atoms with Crippen molar-refractivity contribution in [1.29, 1.82) is 0 Å². The molecule has 1 aliphatic rings. The lowest BCUT2D eigenvalue weighted by Gasteiger charge is -2.41. The van der Waals surface area contributed by atoms with Gasteiger partial charge >= 0.3 is 5.97 Å². The molecule has 2 aromatic carbocycles. The largest absolute Gasteiger partial charge is 0.387 e. The molecule has 0 unspecified atom stereocenters. The summed E-state index contributed by atoms with van der Waals surface area (Å²) >= 11 is 0. The van der Waals surface area contributed by atoms with Gasteiger partial charge in [0.05, 0.1) is 25.4 Å². The minimum absolute atomic E-state index is 0.0463. The summed E-state index contributed by atoms with van der Waals surface area (Å²) < 4.78 is 31.8. The number of carbonyl (C=O) groups excluding carboxylic acids is 10. The maximum atomic E-state index is 15.4. The zero-order valence-corrected chi connectivity index (χ0v) is 43.4. The van der Waals surface area contributed by atoms with Crippen LogP contribution >= 0.6 is 0 Å². The molecule has 24 heteroatoms. The van der Waals surface area contributed by atoms with Crippen molar-refractivity contribution in [3.8, 4) is 11.1 Å². The van der Waals surface area contributed by atoms with Crippen molar-refractivity contribution in [3.63, 3.8) is 0 Å². The summed E-state index contributed by atoms with van der Waals surface area (Å²) in [4.78, 5) is 142. The molecule has 1 fully saturated rings. The van der Waals surface area contributed by atoms with Gasteiger partial charge in [-0.05, 0) is 72.7 Å². The smallest absolute Gasteiger partial charge is 0.333 e. The molecular formula is C53H64F2N10O12. The molecule has 9 amide bonds. The Morgan fingerprint density at radius 3 is 2.14 bits per heavy atom. The maximum absolute atomic E-state index is 15.4. The van der Waals surface area contributed by atoms with Crippen molar-refractivity contribution in [2.75, 3.05) is 33.3 Å². The highest BCUT2D eigenvalue weighted by atomic mass is 19.1. The van der Waals surface area contributed by atoms with E-state index in [0.29, 0.717) is 16.3 Å². The molecule has 0 radical (unpaired) electrons. The van der Waals surface area contributed by atoms with E-state index in [2.05, 4.69) is 26.3 Å². The first-order valence-electron chi connectivity index (χ1n) is 24.7. The molecule has 3 heterocycles. The Bertz CT molecular complexity index is 2790. The average molecular weight is 1070 g/mol. The number of hydrogen-bond acceptors (Lipinski definition) is 13. The second-order valence-corrected chi connectivity index (χ2v) is 19.4. The number of carbonyl (C=O) groups is 10. The third kappa shape index (κ3) is 17.1. The number of likely N-dealkylation sites (N-methyl/N-ethyl adjacent to an activating group) is 1. The molecule has 1 saturated heterocycles. The van der Waals surface area contributed by atoms with Gasteiger partial charge in [0.2, 0.25) is 41.4 Å². The van der Waals surface area contributed by atoms with Crippen LogP contribution in [0.15, 0.2) is 85.3 Å². The van der Waals surface area contributed by atoms with E-state index in [9.17, 15) is 57.4 Å². The number of hydrogen-bond donors (Lipinski definition) is 6. The Morgan fingerprint density at radius 1 is 0.844 bits per heavy atom.